The molecule has 18 heteroatoms. The van der Waals surface area contributed by atoms with Gasteiger partial charge in [-0.05, 0) is 25.7 Å². The average Bonchev–Trinajstić information content (AvgIpc) is 3.15. The molecule has 0 aromatic rings. The van der Waals surface area contributed by atoms with E-state index in [1.54, 1.807) is 28.4 Å². The van der Waals surface area contributed by atoms with Crippen molar-refractivity contribution < 1.29 is 57.8 Å². The second-order valence-corrected chi connectivity index (χ2v) is 17.4. The second-order valence-electron chi connectivity index (χ2n) is 9.35. The Labute approximate surface area is 385 Å². The number of aliphatic hydroxyl groups excluding tert-OH is 6. The molecule has 0 saturated heterocycles. The zero-order valence-corrected chi connectivity index (χ0v) is 43.3. The van der Waals surface area contributed by atoms with Crippen LogP contribution in [0.1, 0.15) is 126 Å². The summed E-state index contributed by atoms with van der Waals surface area (Å²) >= 11 is 0. The Hall–Kier alpha value is 0.821. The molecule has 12 nitrogen and oxygen atoms in total. The van der Waals surface area contributed by atoms with Crippen LogP contribution in [0.2, 0.25) is 51.4 Å². The third kappa shape index (κ3) is 340. The van der Waals surface area contributed by atoms with Crippen molar-refractivity contribution in [2.24, 2.45) is 0 Å². The number of unbranched alkanes of at least 4 members (excludes halogenated alkanes) is 3. The van der Waals surface area contributed by atoms with Crippen molar-refractivity contribution in [2.75, 3.05) is 94.5 Å². The molecule has 0 aliphatic carbocycles. The Morgan fingerprint density at radius 3 is 0.741 bits per heavy atom. The van der Waals surface area contributed by atoms with Gasteiger partial charge in [-0.25, -0.2) is 0 Å². The van der Waals surface area contributed by atoms with Crippen LogP contribution in [0.5, 0.6) is 0 Å². The van der Waals surface area contributed by atoms with Crippen molar-refractivity contribution in [3.05, 3.63) is 0 Å². The Bertz CT molecular complexity index is 310. The zero-order chi connectivity index (χ0) is 39.9. The first-order chi connectivity index (χ1) is 23.7. The molecule has 0 aromatic heterocycles. The third-order valence-corrected chi connectivity index (χ3v) is 9.51. The van der Waals surface area contributed by atoms with E-state index in [2.05, 4.69) is 70.8 Å². The average molecular weight is 970 g/mol. The summed E-state index contributed by atoms with van der Waals surface area (Å²) in [6.45, 7) is 20.6. The van der Waals surface area contributed by atoms with Crippen LogP contribution in [0.4, 0.5) is 0 Å². The summed E-state index contributed by atoms with van der Waals surface area (Å²) < 4.78 is 28.8. The summed E-state index contributed by atoms with van der Waals surface area (Å²) in [7, 11) is 7.15. The minimum Gasteiger partial charge on any atom is -0.427 e. The van der Waals surface area contributed by atoms with Crippen LogP contribution in [0.25, 0.3) is 0 Å². The van der Waals surface area contributed by atoms with Gasteiger partial charge in [0.1, 0.15) is 0 Å². The lowest BCUT2D eigenvalue weighted by atomic mass is 10.3. The van der Waals surface area contributed by atoms with Gasteiger partial charge < -0.3 is 57.8 Å². The van der Waals surface area contributed by atoms with Crippen molar-refractivity contribution in [1.29, 1.82) is 0 Å². The van der Waals surface area contributed by atoms with Crippen molar-refractivity contribution in [3.8, 4) is 0 Å². The predicted octanol–water partition coefficient (Wildman–Crippen LogP) is 5.74. The molecule has 0 spiro atoms. The van der Waals surface area contributed by atoms with E-state index in [9.17, 15) is 0 Å². The molecule has 384 valence electrons. The Balaban J connectivity index is -0.0000000194. The number of ether oxygens (including phenoxy) is 2. The highest BCUT2D eigenvalue weighted by molar-refractivity contribution is 6.33. The highest BCUT2D eigenvalue weighted by Crippen LogP contribution is 1.93. The van der Waals surface area contributed by atoms with Gasteiger partial charge in [-0.15, -0.1) is 0 Å². The molecule has 0 aliphatic rings. The standard InChI is InChI=1S/C7H16O2.C6H16O2Si.C4H12OSi.C4H10O.C2H6O2.4C2H8OSi.9CH4/c1-2-3-4-6-9-7-5-8;1-9-6-2-4-8-5-3-7;1-6-4-2-3-5;1-2-3-4-5;3-1-2-4;4*1-3-4-2;;;;;;;;;/h8H,2-7H2,1H3;7H,2-6,9H2,1H3;5H,2-4,6H2,1H3;5H,2-4H2,1H3;3-4H,1-2H2;4*4H2,1-2H3;9*1H4. The maximum absolute atomic E-state index is 8.31. The normalized spacial score (nSPS) is 8.59. The van der Waals surface area contributed by atoms with E-state index in [1.807, 2.05) is 0 Å². The van der Waals surface area contributed by atoms with Gasteiger partial charge in [0.15, 0.2) is 39.1 Å². The summed E-state index contributed by atoms with van der Waals surface area (Å²) in [5.74, 6) is 0. The van der Waals surface area contributed by atoms with Crippen LogP contribution >= 0.6 is 0 Å². The minimum absolute atomic E-state index is 0. The van der Waals surface area contributed by atoms with E-state index >= 15 is 0 Å². The SMILES string of the molecule is C.C.C.C.C.C.C.C.C.CCCCCOCCO.CCCCO.CO[SiH2]C.CO[SiH2]C.CO[SiH2]C.CO[SiH2]C.C[SiH2]CCCO.C[SiH2]CCCOCCO.OCCO. The predicted molar refractivity (Wildman–Crippen MR) is 292 cm³/mol. The fourth-order valence-electron chi connectivity index (χ4n) is 1.76. The lowest BCUT2D eigenvalue weighted by molar-refractivity contribution is 0.0898. The van der Waals surface area contributed by atoms with Gasteiger partial charge in [-0.2, -0.15) is 0 Å². The molecular formula is C40H128O12Si6. The summed E-state index contributed by atoms with van der Waals surface area (Å²) in [6.07, 6.45) is 7.83. The highest BCUT2D eigenvalue weighted by atomic mass is 28.2. The van der Waals surface area contributed by atoms with Crippen molar-refractivity contribution in [1.82, 2.24) is 0 Å². The first-order valence-electron chi connectivity index (χ1n) is 18.5. The Morgan fingerprint density at radius 2 is 0.586 bits per heavy atom. The Morgan fingerprint density at radius 1 is 0.328 bits per heavy atom. The molecule has 0 bridgehead atoms. The molecule has 0 atom stereocenters. The maximum atomic E-state index is 8.31. The lowest BCUT2D eigenvalue weighted by Crippen LogP contribution is -2.00. The molecule has 0 fully saturated rings. The van der Waals surface area contributed by atoms with E-state index < -0.39 is 0 Å². The van der Waals surface area contributed by atoms with E-state index in [1.165, 1.54) is 31.4 Å². The summed E-state index contributed by atoms with van der Waals surface area (Å²) in [5.41, 5.74) is 0. The molecule has 0 amide bonds. The fraction of sp³-hybridized carbons (Fsp3) is 1.00. The van der Waals surface area contributed by atoms with E-state index in [0.29, 0.717) is 26.4 Å². The maximum Gasteiger partial charge on any atom is 0.157 e. The first-order valence-corrected chi connectivity index (χ1v) is 31.3. The van der Waals surface area contributed by atoms with Crippen LogP contribution in [0.3, 0.4) is 0 Å². The molecule has 0 aliphatic heterocycles. The zero-order valence-electron chi connectivity index (χ0n) is 34.8. The molecular weight excluding hydrogens is 841 g/mol. The summed E-state index contributed by atoms with van der Waals surface area (Å²) in [5, 5.41) is 48.1. The molecule has 58 heavy (non-hydrogen) atoms. The van der Waals surface area contributed by atoms with E-state index in [-0.39, 0.29) is 151 Å². The van der Waals surface area contributed by atoms with Crippen LogP contribution in [-0.4, -0.2) is 183 Å². The Kier molecular flexibility index (Phi) is 375. The fourth-order valence-corrected chi connectivity index (χ4v) is 3.19. The van der Waals surface area contributed by atoms with E-state index in [4.69, 9.17) is 40.1 Å². The summed E-state index contributed by atoms with van der Waals surface area (Å²) in [6, 6.07) is 2.67. The van der Waals surface area contributed by atoms with E-state index in [0.717, 1.165) is 38.9 Å². The molecule has 6 N–H and O–H groups in total. The van der Waals surface area contributed by atoms with Gasteiger partial charge in [-0.3, -0.25) is 0 Å². The third-order valence-electron chi connectivity index (χ3n) is 4.78. The van der Waals surface area contributed by atoms with Gasteiger partial charge in [-0.1, -0.05) is 151 Å². The monoisotopic (exact) mass is 969 g/mol. The topological polar surface area (TPSA) is 177 Å². The number of hydrogen-bond acceptors (Lipinski definition) is 12. The number of aliphatic hydroxyl groups is 6. The van der Waals surface area contributed by atoms with Gasteiger partial charge in [0.2, 0.25) is 0 Å². The molecule has 0 saturated carbocycles. The largest absolute Gasteiger partial charge is 0.427 e. The lowest BCUT2D eigenvalue weighted by Gasteiger charge is -1.98. The molecule has 0 unspecified atom stereocenters. The van der Waals surface area contributed by atoms with Crippen LogP contribution in [-0.2, 0) is 27.2 Å². The van der Waals surface area contributed by atoms with Crippen LogP contribution in [0, 0.1) is 0 Å². The van der Waals surface area contributed by atoms with Crippen molar-refractivity contribution >= 4 is 58.1 Å². The minimum atomic E-state index is -0.125. The highest BCUT2D eigenvalue weighted by Gasteiger charge is 1.86. The first kappa shape index (κ1) is 118. The smallest absolute Gasteiger partial charge is 0.157 e. The molecule has 0 heterocycles. The second kappa shape index (κ2) is 184. The van der Waals surface area contributed by atoms with Gasteiger partial charge in [0, 0.05) is 73.9 Å². The van der Waals surface area contributed by atoms with Gasteiger partial charge >= 0.3 is 0 Å². The number of rotatable bonds is 22. The van der Waals surface area contributed by atoms with Crippen LogP contribution in [0.15, 0.2) is 0 Å². The molecule has 0 aromatic carbocycles. The quantitative estimate of drug-likeness (QED) is 0.0574. The summed E-state index contributed by atoms with van der Waals surface area (Å²) in [4.78, 5) is 0. The van der Waals surface area contributed by atoms with Gasteiger partial charge in [0.25, 0.3) is 0 Å². The van der Waals surface area contributed by atoms with Crippen molar-refractivity contribution in [2.45, 2.75) is 177 Å². The molecule has 0 rings (SSSR count). The number of hydrogen-bond donors (Lipinski definition) is 6. The van der Waals surface area contributed by atoms with Crippen LogP contribution < -0.4 is 0 Å². The van der Waals surface area contributed by atoms with Gasteiger partial charge in [0.05, 0.1) is 39.6 Å². The van der Waals surface area contributed by atoms with Crippen molar-refractivity contribution in [3.63, 3.8) is 0 Å². The molecule has 0 radical (unpaired) electrons.